The molecule has 0 heterocycles. The molecule has 0 unspecified atom stereocenters. The summed E-state index contributed by atoms with van der Waals surface area (Å²) in [6, 6.07) is 5.60. The molecule has 100 valence electrons. The third-order valence-corrected chi connectivity index (χ3v) is 2.48. The summed E-state index contributed by atoms with van der Waals surface area (Å²) in [5, 5.41) is 2.76. The first kappa shape index (κ1) is 14.3. The van der Waals surface area contributed by atoms with Gasteiger partial charge in [0.15, 0.2) is 0 Å². The highest BCUT2D eigenvalue weighted by Gasteiger charge is 2.06. The molecule has 0 fully saturated rings. The van der Waals surface area contributed by atoms with Crippen molar-refractivity contribution in [3.63, 3.8) is 0 Å². The smallest absolute Gasteiger partial charge is 0.245 e. The van der Waals surface area contributed by atoms with Crippen molar-refractivity contribution in [2.75, 3.05) is 34.5 Å². The zero-order valence-electron chi connectivity index (χ0n) is 11.0. The third kappa shape index (κ3) is 4.25. The molecular formula is C13H19NO4. The molecule has 0 bridgehead atoms. The van der Waals surface area contributed by atoms with Crippen molar-refractivity contribution < 1.29 is 19.0 Å². The van der Waals surface area contributed by atoms with Crippen LogP contribution in [0.5, 0.6) is 11.5 Å². The molecule has 1 aromatic carbocycles. The minimum Gasteiger partial charge on any atom is -0.497 e. The molecule has 5 nitrogen and oxygen atoms in total. The van der Waals surface area contributed by atoms with Crippen LogP contribution in [0.1, 0.15) is 5.56 Å². The highest BCUT2D eigenvalue weighted by Crippen LogP contribution is 2.23. The lowest BCUT2D eigenvalue weighted by molar-refractivity contribution is -0.124. The lowest BCUT2D eigenvalue weighted by Crippen LogP contribution is -2.29. The number of benzene rings is 1. The molecule has 0 radical (unpaired) electrons. The number of hydrogen-bond donors (Lipinski definition) is 1. The number of ether oxygens (including phenoxy) is 3. The van der Waals surface area contributed by atoms with Gasteiger partial charge in [0, 0.05) is 13.7 Å². The van der Waals surface area contributed by atoms with E-state index in [1.807, 2.05) is 18.2 Å². The number of nitrogens with one attached hydrogen (secondary N) is 1. The first-order valence-electron chi connectivity index (χ1n) is 5.67. The van der Waals surface area contributed by atoms with Crippen molar-refractivity contribution in [1.82, 2.24) is 5.32 Å². The second-order valence-electron chi connectivity index (χ2n) is 3.71. The van der Waals surface area contributed by atoms with Crippen LogP contribution in [-0.4, -0.2) is 40.4 Å². The second-order valence-corrected chi connectivity index (χ2v) is 3.71. The SMILES string of the molecule is COCC(=O)NCCc1cc(OC)ccc1OC. The quantitative estimate of drug-likeness (QED) is 0.788. The van der Waals surface area contributed by atoms with Crippen LogP contribution in [0.4, 0.5) is 0 Å². The molecule has 18 heavy (non-hydrogen) atoms. The van der Waals surface area contributed by atoms with Crippen LogP contribution in [-0.2, 0) is 16.0 Å². The predicted molar refractivity (Wildman–Crippen MR) is 68.1 cm³/mol. The molecule has 0 aromatic heterocycles. The van der Waals surface area contributed by atoms with E-state index in [2.05, 4.69) is 5.32 Å². The maximum Gasteiger partial charge on any atom is 0.245 e. The van der Waals surface area contributed by atoms with Crippen LogP contribution in [0.2, 0.25) is 0 Å². The van der Waals surface area contributed by atoms with E-state index in [0.717, 1.165) is 17.1 Å². The Morgan fingerprint density at radius 1 is 1.22 bits per heavy atom. The van der Waals surface area contributed by atoms with Gasteiger partial charge in [0.2, 0.25) is 5.91 Å². The number of carbonyl (C=O) groups is 1. The van der Waals surface area contributed by atoms with Gasteiger partial charge in [0.25, 0.3) is 0 Å². The van der Waals surface area contributed by atoms with Gasteiger partial charge in [0.1, 0.15) is 18.1 Å². The molecule has 0 saturated heterocycles. The Balaban J connectivity index is 2.57. The Morgan fingerprint density at radius 2 is 2.00 bits per heavy atom. The lowest BCUT2D eigenvalue weighted by atomic mass is 10.1. The van der Waals surface area contributed by atoms with Crippen LogP contribution in [0, 0.1) is 0 Å². The fraction of sp³-hybridized carbons (Fsp3) is 0.462. The van der Waals surface area contributed by atoms with Crippen molar-refractivity contribution in [2.45, 2.75) is 6.42 Å². The van der Waals surface area contributed by atoms with Crippen LogP contribution in [0.3, 0.4) is 0 Å². The zero-order chi connectivity index (χ0) is 13.4. The third-order valence-electron chi connectivity index (χ3n) is 2.48. The van der Waals surface area contributed by atoms with Crippen molar-refractivity contribution in [3.8, 4) is 11.5 Å². The predicted octanol–water partition coefficient (Wildman–Crippen LogP) is 1.01. The molecule has 0 atom stereocenters. The first-order valence-corrected chi connectivity index (χ1v) is 5.67. The molecule has 1 amide bonds. The van der Waals surface area contributed by atoms with Gasteiger partial charge in [-0.25, -0.2) is 0 Å². The summed E-state index contributed by atoms with van der Waals surface area (Å²) < 4.78 is 15.1. The number of rotatable bonds is 7. The maximum atomic E-state index is 11.2. The first-order chi connectivity index (χ1) is 8.71. The molecular weight excluding hydrogens is 234 g/mol. The normalized spacial score (nSPS) is 9.94. The Bertz CT molecular complexity index is 393. The van der Waals surface area contributed by atoms with Crippen LogP contribution < -0.4 is 14.8 Å². The molecule has 1 N–H and O–H groups in total. The summed E-state index contributed by atoms with van der Waals surface area (Å²) in [4.78, 5) is 11.2. The zero-order valence-corrected chi connectivity index (χ0v) is 11.0. The number of methoxy groups -OCH3 is 3. The standard InChI is InChI=1S/C13H19NO4/c1-16-9-13(15)14-7-6-10-8-11(17-2)4-5-12(10)18-3/h4-5,8H,6-7,9H2,1-3H3,(H,14,15). The van der Waals surface area contributed by atoms with Gasteiger partial charge in [-0.15, -0.1) is 0 Å². The highest BCUT2D eigenvalue weighted by molar-refractivity contribution is 5.77. The van der Waals surface area contributed by atoms with E-state index < -0.39 is 0 Å². The maximum absolute atomic E-state index is 11.2. The molecule has 0 aliphatic rings. The summed E-state index contributed by atoms with van der Waals surface area (Å²) in [5.74, 6) is 1.44. The molecule has 1 rings (SSSR count). The summed E-state index contributed by atoms with van der Waals surface area (Å²) in [6.45, 7) is 0.612. The van der Waals surface area contributed by atoms with Gasteiger partial charge in [-0.1, -0.05) is 0 Å². The van der Waals surface area contributed by atoms with E-state index in [9.17, 15) is 4.79 Å². The van der Waals surface area contributed by atoms with E-state index in [0.29, 0.717) is 13.0 Å². The average Bonchev–Trinajstić information content (AvgIpc) is 2.39. The van der Waals surface area contributed by atoms with E-state index >= 15 is 0 Å². The Labute approximate surface area is 107 Å². The van der Waals surface area contributed by atoms with Crippen LogP contribution in [0.25, 0.3) is 0 Å². The molecule has 0 spiro atoms. The summed E-state index contributed by atoms with van der Waals surface area (Å²) in [5.41, 5.74) is 0.995. The van der Waals surface area contributed by atoms with Gasteiger partial charge in [0.05, 0.1) is 14.2 Å². The van der Waals surface area contributed by atoms with Crippen LogP contribution in [0.15, 0.2) is 18.2 Å². The average molecular weight is 253 g/mol. The highest BCUT2D eigenvalue weighted by atomic mass is 16.5. The fourth-order valence-corrected chi connectivity index (χ4v) is 1.60. The fourth-order valence-electron chi connectivity index (χ4n) is 1.60. The summed E-state index contributed by atoms with van der Waals surface area (Å²) in [7, 11) is 4.73. The summed E-state index contributed by atoms with van der Waals surface area (Å²) in [6.07, 6.45) is 0.676. The number of amides is 1. The van der Waals surface area contributed by atoms with Crippen LogP contribution >= 0.6 is 0 Å². The van der Waals surface area contributed by atoms with E-state index in [1.165, 1.54) is 7.11 Å². The molecule has 0 aliphatic carbocycles. The molecule has 1 aromatic rings. The van der Waals surface area contributed by atoms with Crippen molar-refractivity contribution in [2.24, 2.45) is 0 Å². The van der Waals surface area contributed by atoms with Gasteiger partial charge < -0.3 is 19.5 Å². The minimum absolute atomic E-state index is 0.0786. The molecule has 0 aliphatic heterocycles. The van der Waals surface area contributed by atoms with Crippen molar-refractivity contribution in [1.29, 1.82) is 0 Å². The second kappa shape index (κ2) is 7.55. The Hall–Kier alpha value is -1.75. The Kier molecular flexibility index (Phi) is 6.00. The largest absolute Gasteiger partial charge is 0.497 e. The van der Waals surface area contributed by atoms with Crippen molar-refractivity contribution >= 4 is 5.91 Å². The molecule has 0 saturated carbocycles. The van der Waals surface area contributed by atoms with Gasteiger partial charge in [-0.3, -0.25) is 4.79 Å². The van der Waals surface area contributed by atoms with E-state index in [1.54, 1.807) is 14.2 Å². The van der Waals surface area contributed by atoms with Crippen molar-refractivity contribution in [3.05, 3.63) is 23.8 Å². The molecule has 5 heteroatoms. The van der Waals surface area contributed by atoms with Gasteiger partial charge in [-0.05, 0) is 30.2 Å². The van der Waals surface area contributed by atoms with E-state index in [-0.39, 0.29) is 12.5 Å². The van der Waals surface area contributed by atoms with Gasteiger partial charge in [-0.2, -0.15) is 0 Å². The Morgan fingerprint density at radius 3 is 2.61 bits per heavy atom. The monoisotopic (exact) mass is 253 g/mol. The lowest BCUT2D eigenvalue weighted by Gasteiger charge is -2.11. The summed E-state index contributed by atoms with van der Waals surface area (Å²) >= 11 is 0. The van der Waals surface area contributed by atoms with E-state index in [4.69, 9.17) is 14.2 Å². The number of hydrogen-bond acceptors (Lipinski definition) is 4. The minimum atomic E-state index is -0.126. The van der Waals surface area contributed by atoms with Gasteiger partial charge >= 0.3 is 0 Å². The number of carbonyl (C=O) groups excluding carboxylic acids is 1. The topological polar surface area (TPSA) is 56.8 Å².